The summed E-state index contributed by atoms with van der Waals surface area (Å²) in [4.78, 5) is 36.4. The van der Waals surface area contributed by atoms with E-state index in [0.717, 1.165) is 36.9 Å². The number of H-pyrrole nitrogens is 1. The first-order valence-electron chi connectivity index (χ1n) is 12.4. The van der Waals surface area contributed by atoms with E-state index in [2.05, 4.69) is 9.88 Å². The maximum Gasteiger partial charge on any atom is 0.328 e. The Kier molecular flexibility index (Phi) is 5.22. The highest BCUT2D eigenvalue weighted by Gasteiger charge is 2.60. The second kappa shape index (κ2) is 8.23. The molecule has 0 unspecified atom stereocenters. The van der Waals surface area contributed by atoms with Gasteiger partial charge in [-0.3, -0.25) is 14.6 Å². The minimum absolute atomic E-state index is 0.0639. The number of nitrogens with zero attached hydrogens (tertiary/aromatic N) is 3. The predicted octanol–water partition coefficient (Wildman–Crippen LogP) is 3.79. The minimum atomic E-state index is -1.12. The number of aromatic amines is 1. The Morgan fingerprint density at radius 2 is 1.94 bits per heavy atom. The number of imide groups is 1. The lowest BCUT2D eigenvalue weighted by molar-refractivity contribution is -0.133. The second-order valence-electron chi connectivity index (χ2n) is 10.2. The van der Waals surface area contributed by atoms with Crippen molar-refractivity contribution in [2.24, 2.45) is 0 Å². The van der Waals surface area contributed by atoms with Gasteiger partial charge in [-0.15, -0.1) is 0 Å². The number of amides is 3. The molecule has 3 aromatic rings. The maximum absolute atomic E-state index is 14.5. The number of methoxy groups -OCH3 is 1. The van der Waals surface area contributed by atoms with E-state index < -0.39 is 17.4 Å². The summed E-state index contributed by atoms with van der Waals surface area (Å²) in [5.74, 6) is -0.545. The van der Waals surface area contributed by atoms with Gasteiger partial charge in [-0.25, -0.2) is 9.18 Å². The van der Waals surface area contributed by atoms with Crippen molar-refractivity contribution in [3.05, 3.63) is 59.0 Å². The molecule has 8 nitrogen and oxygen atoms in total. The molecule has 2 atom stereocenters. The summed E-state index contributed by atoms with van der Waals surface area (Å²) >= 11 is 0. The van der Waals surface area contributed by atoms with Crippen molar-refractivity contribution >= 4 is 22.8 Å². The highest BCUT2D eigenvalue weighted by Crippen LogP contribution is 2.49. The number of carbonyl (C=O) groups excluding carboxylic acids is 2. The Morgan fingerprint density at radius 3 is 2.67 bits per heavy atom. The Balaban J connectivity index is 1.49. The molecular weight excluding hydrogens is 463 g/mol. The van der Waals surface area contributed by atoms with Crippen LogP contribution in [0.4, 0.5) is 9.18 Å². The molecule has 2 saturated heterocycles. The van der Waals surface area contributed by atoms with E-state index in [0.29, 0.717) is 29.9 Å². The quantitative estimate of drug-likeness (QED) is 0.529. The number of benzene rings is 2. The van der Waals surface area contributed by atoms with Crippen LogP contribution >= 0.6 is 0 Å². The van der Waals surface area contributed by atoms with Gasteiger partial charge in [-0.05, 0) is 62.2 Å². The van der Waals surface area contributed by atoms with E-state index in [1.807, 2.05) is 6.07 Å². The van der Waals surface area contributed by atoms with Crippen LogP contribution in [0.15, 0.2) is 36.4 Å². The lowest BCUT2D eigenvalue weighted by atomic mass is 9.81. The van der Waals surface area contributed by atoms with Gasteiger partial charge in [0.25, 0.3) is 5.91 Å². The zero-order chi connectivity index (χ0) is 25.2. The number of hydrogen-bond donors (Lipinski definition) is 2. The number of phenols is 1. The van der Waals surface area contributed by atoms with Crippen molar-refractivity contribution in [3.63, 3.8) is 0 Å². The van der Waals surface area contributed by atoms with Crippen LogP contribution < -0.4 is 4.74 Å². The summed E-state index contributed by atoms with van der Waals surface area (Å²) in [5.41, 5.74) is 1.67. The summed E-state index contributed by atoms with van der Waals surface area (Å²) in [7, 11) is 1.42. The number of ether oxygens (including phenoxy) is 1. The molecule has 0 saturated carbocycles. The van der Waals surface area contributed by atoms with Crippen molar-refractivity contribution in [2.45, 2.75) is 37.8 Å². The molecule has 2 N–H and O–H groups in total. The fourth-order valence-electron chi connectivity index (χ4n) is 6.16. The zero-order valence-electron chi connectivity index (χ0n) is 20.4. The first-order valence-corrected chi connectivity index (χ1v) is 12.4. The molecule has 36 heavy (non-hydrogen) atoms. The van der Waals surface area contributed by atoms with Crippen LogP contribution in [0.2, 0.25) is 0 Å². The number of nitrogens with one attached hydrogen (secondary N) is 1. The number of phenolic OH excluding ortho intramolecular Hbond substituents is 1. The number of urea groups is 1. The Morgan fingerprint density at radius 1 is 1.17 bits per heavy atom. The molecule has 9 heteroatoms. The van der Waals surface area contributed by atoms with E-state index in [1.54, 1.807) is 36.1 Å². The molecule has 3 amide bonds. The molecule has 188 valence electrons. The third-order valence-corrected chi connectivity index (χ3v) is 7.96. The molecule has 6 rings (SSSR count). The number of fused-ring (bicyclic) bond motifs is 4. The predicted molar refractivity (Wildman–Crippen MR) is 131 cm³/mol. The highest BCUT2D eigenvalue weighted by molar-refractivity contribution is 6.08. The van der Waals surface area contributed by atoms with Crippen molar-refractivity contribution in [1.82, 2.24) is 19.7 Å². The molecule has 3 aliphatic rings. The monoisotopic (exact) mass is 492 g/mol. The standard InChI is InChI=1S/C27H29FN4O4/c1-27-15-19-18-13-22(36-2)20(28)14-21(18)29-23(19)24(16-6-5-7-17(33)12-16)32(27)26(35)31(25(27)34)11-10-30-8-3-4-9-30/h5-7,12-14,24,29,33H,3-4,8-11,15H2,1-2H3/t24-,27+/m1/s1. The van der Waals surface area contributed by atoms with Crippen LogP contribution in [0.3, 0.4) is 0 Å². The van der Waals surface area contributed by atoms with Crippen LogP contribution in [0.5, 0.6) is 11.5 Å². The fourth-order valence-corrected chi connectivity index (χ4v) is 6.16. The van der Waals surface area contributed by atoms with Gasteiger partial charge in [-0.2, -0.15) is 0 Å². The third-order valence-electron chi connectivity index (χ3n) is 7.96. The van der Waals surface area contributed by atoms with Gasteiger partial charge in [0.15, 0.2) is 11.6 Å². The normalized spacial score (nSPS) is 24.0. The van der Waals surface area contributed by atoms with Crippen molar-refractivity contribution in [3.8, 4) is 11.5 Å². The van der Waals surface area contributed by atoms with Crippen LogP contribution in [0, 0.1) is 5.82 Å². The first-order chi connectivity index (χ1) is 17.3. The summed E-state index contributed by atoms with van der Waals surface area (Å²) in [6.45, 7) is 4.77. The third kappa shape index (κ3) is 3.29. The second-order valence-corrected chi connectivity index (χ2v) is 10.2. The SMILES string of the molecule is COc1cc2c3c([nH]c2cc1F)[C@@H](c1cccc(O)c1)N1C(=O)N(CCN2CCCC2)C(=O)[C@]1(C)C3. The molecular formula is C27H29FN4O4. The van der Waals surface area contributed by atoms with Gasteiger partial charge in [0.2, 0.25) is 0 Å². The van der Waals surface area contributed by atoms with E-state index >= 15 is 0 Å². The first kappa shape index (κ1) is 22.8. The van der Waals surface area contributed by atoms with Gasteiger partial charge in [0.05, 0.1) is 7.11 Å². The van der Waals surface area contributed by atoms with Gasteiger partial charge >= 0.3 is 6.03 Å². The molecule has 1 aromatic heterocycles. The van der Waals surface area contributed by atoms with Crippen LogP contribution in [-0.2, 0) is 11.2 Å². The maximum atomic E-state index is 14.5. The van der Waals surface area contributed by atoms with E-state index in [4.69, 9.17) is 4.74 Å². The smallest absolute Gasteiger partial charge is 0.328 e. The average Bonchev–Trinajstić information content (AvgIpc) is 3.53. The molecule has 0 bridgehead atoms. The number of hydrogen-bond acceptors (Lipinski definition) is 5. The van der Waals surface area contributed by atoms with E-state index in [-0.39, 0.29) is 29.9 Å². The van der Waals surface area contributed by atoms with Crippen LogP contribution in [-0.4, -0.2) is 75.6 Å². The van der Waals surface area contributed by atoms with Gasteiger partial charge in [0.1, 0.15) is 17.3 Å². The zero-order valence-corrected chi connectivity index (χ0v) is 20.4. The van der Waals surface area contributed by atoms with Crippen molar-refractivity contribution in [2.75, 3.05) is 33.3 Å². The molecule has 2 fully saturated rings. The van der Waals surface area contributed by atoms with Gasteiger partial charge < -0.3 is 19.7 Å². The number of carbonyl (C=O) groups is 2. The van der Waals surface area contributed by atoms with E-state index in [1.165, 1.54) is 18.1 Å². The average molecular weight is 493 g/mol. The number of likely N-dealkylation sites (tertiary alicyclic amines) is 1. The number of aromatic hydroxyl groups is 1. The van der Waals surface area contributed by atoms with Crippen molar-refractivity contribution in [1.29, 1.82) is 0 Å². The molecule has 2 aromatic carbocycles. The largest absolute Gasteiger partial charge is 0.508 e. The summed E-state index contributed by atoms with van der Waals surface area (Å²) in [5, 5.41) is 11.0. The summed E-state index contributed by atoms with van der Waals surface area (Å²) in [6, 6.07) is 8.75. The van der Waals surface area contributed by atoms with Gasteiger partial charge in [0, 0.05) is 42.2 Å². The molecule has 4 heterocycles. The lowest BCUT2D eigenvalue weighted by Crippen LogP contribution is -2.53. The summed E-state index contributed by atoms with van der Waals surface area (Å²) in [6.07, 6.45) is 2.56. The van der Waals surface area contributed by atoms with Crippen molar-refractivity contribution < 1.29 is 23.8 Å². The number of rotatable bonds is 5. The number of aromatic nitrogens is 1. The summed E-state index contributed by atoms with van der Waals surface area (Å²) < 4.78 is 19.8. The topological polar surface area (TPSA) is 89.1 Å². The highest BCUT2D eigenvalue weighted by atomic mass is 19.1. The molecule has 3 aliphatic heterocycles. The molecule has 0 spiro atoms. The fraction of sp³-hybridized carbons (Fsp3) is 0.407. The van der Waals surface area contributed by atoms with Crippen LogP contribution in [0.1, 0.15) is 42.6 Å². The minimum Gasteiger partial charge on any atom is -0.508 e. The molecule has 0 radical (unpaired) electrons. The Hall–Kier alpha value is -3.59. The Labute approximate surface area is 208 Å². The molecule has 0 aliphatic carbocycles. The Bertz CT molecular complexity index is 1380. The number of halogens is 1. The lowest BCUT2D eigenvalue weighted by Gasteiger charge is -2.42. The van der Waals surface area contributed by atoms with Gasteiger partial charge in [-0.1, -0.05) is 12.1 Å². The van der Waals surface area contributed by atoms with Crippen LogP contribution in [0.25, 0.3) is 10.9 Å². The van der Waals surface area contributed by atoms with E-state index in [9.17, 15) is 19.1 Å².